The van der Waals surface area contributed by atoms with Crippen LogP contribution < -0.4 is 0 Å². The Balaban J connectivity index is 2.93. The van der Waals surface area contributed by atoms with Crippen LogP contribution in [0.25, 0.3) is 0 Å². The molecule has 1 atom stereocenters. The lowest BCUT2D eigenvalue weighted by atomic mass is 10.1. The summed E-state index contributed by atoms with van der Waals surface area (Å²) in [4.78, 5) is 14.3. The van der Waals surface area contributed by atoms with Crippen LogP contribution in [0.5, 0.6) is 0 Å². The van der Waals surface area contributed by atoms with Crippen LogP contribution >= 0.6 is 11.6 Å². The van der Waals surface area contributed by atoms with Gasteiger partial charge in [-0.25, -0.2) is 0 Å². The van der Waals surface area contributed by atoms with Gasteiger partial charge >= 0.3 is 0 Å². The fourth-order valence-corrected chi connectivity index (χ4v) is 2.16. The summed E-state index contributed by atoms with van der Waals surface area (Å²) < 4.78 is 0. The van der Waals surface area contributed by atoms with E-state index >= 15 is 0 Å². The number of aliphatic hydroxyl groups excluding tert-OH is 1. The van der Waals surface area contributed by atoms with E-state index in [1.807, 2.05) is 11.8 Å². The molecule has 1 aromatic rings. The van der Waals surface area contributed by atoms with E-state index in [0.717, 1.165) is 13.0 Å². The average Bonchev–Trinajstić information content (AvgIpc) is 2.50. The van der Waals surface area contributed by atoms with Crippen LogP contribution in [0.2, 0.25) is 5.02 Å². The van der Waals surface area contributed by atoms with E-state index in [9.17, 15) is 4.79 Å². The van der Waals surface area contributed by atoms with Crippen molar-refractivity contribution in [1.82, 2.24) is 4.90 Å². The molecule has 0 fully saturated rings. The van der Waals surface area contributed by atoms with E-state index in [4.69, 9.17) is 16.7 Å². The van der Waals surface area contributed by atoms with Crippen LogP contribution in [-0.4, -0.2) is 35.6 Å². The Hall–Kier alpha value is -1.50. The molecule has 0 aliphatic rings. The number of hydrogen-bond donors (Lipinski definition) is 1. The fraction of sp³-hybridized carbons (Fsp3) is 0.471. The first-order valence-corrected chi connectivity index (χ1v) is 7.59. The van der Waals surface area contributed by atoms with E-state index in [2.05, 4.69) is 25.7 Å². The molecule has 0 aromatic heterocycles. The number of halogens is 1. The molecule has 1 aromatic carbocycles. The molecule has 3 nitrogen and oxygen atoms in total. The van der Waals surface area contributed by atoms with E-state index in [1.54, 1.807) is 18.2 Å². The second-order valence-electron chi connectivity index (χ2n) is 5.01. The Morgan fingerprint density at radius 1 is 1.43 bits per heavy atom. The molecular weight excluding hydrogens is 286 g/mol. The highest BCUT2D eigenvalue weighted by Gasteiger charge is 2.17. The molecule has 0 heterocycles. The molecular formula is C17H22ClNO2. The van der Waals surface area contributed by atoms with Crippen LogP contribution in [0, 0.1) is 17.8 Å². The molecule has 0 aliphatic heterocycles. The zero-order valence-electron chi connectivity index (χ0n) is 12.8. The number of rotatable bonds is 5. The summed E-state index contributed by atoms with van der Waals surface area (Å²) in [6.45, 7) is 7.44. The Kier molecular flexibility index (Phi) is 7.28. The van der Waals surface area contributed by atoms with Crippen molar-refractivity contribution in [1.29, 1.82) is 0 Å². The highest BCUT2D eigenvalue weighted by Crippen LogP contribution is 2.19. The molecule has 0 radical (unpaired) electrons. The zero-order chi connectivity index (χ0) is 15.8. The molecule has 0 saturated heterocycles. The highest BCUT2D eigenvalue weighted by molar-refractivity contribution is 6.32. The van der Waals surface area contributed by atoms with Crippen LogP contribution in [0.3, 0.4) is 0 Å². The maximum absolute atomic E-state index is 12.5. The molecule has 4 heteroatoms. The van der Waals surface area contributed by atoms with Crippen molar-refractivity contribution >= 4 is 17.5 Å². The number of amides is 1. The van der Waals surface area contributed by atoms with Crippen LogP contribution in [0.1, 0.15) is 43.1 Å². The summed E-state index contributed by atoms with van der Waals surface area (Å²) in [7, 11) is 0. The van der Waals surface area contributed by atoms with Crippen LogP contribution in [0.4, 0.5) is 0 Å². The Bertz CT molecular complexity index is 545. The van der Waals surface area contributed by atoms with Crippen molar-refractivity contribution in [3.05, 3.63) is 34.3 Å². The fourth-order valence-electron chi connectivity index (χ4n) is 1.93. The molecule has 1 rings (SSSR count). The lowest BCUT2D eigenvalue weighted by molar-refractivity contribution is 0.0741. The quantitative estimate of drug-likeness (QED) is 0.849. The molecule has 21 heavy (non-hydrogen) atoms. The Morgan fingerprint density at radius 2 is 2.14 bits per heavy atom. The Labute approximate surface area is 131 Å². The predicted octanol–water partition coefficient (Wildman–Crippen LogP) is 3.19. The monoisotopic (exact) mass is 307 g/mol. The summed E-state index contributed by atoms with van der Waals surface area (Å²) >= 11 is 6.14. The SMILES string of the molecule is CCC(C)CN(CC)C(=O)c1ccc(C#CCO)c(Cl)c1. The molecule has 0 spiro atoms. The van der Waals surface area contributed by atoms with Crippen molar-refractivity contribution in [2.75, 3.05) is 19.7 Å². The average molecular weight is 308 g/mol. The van der Waals surface area contributed by atoms with Crippen LogP contribution in [0.15, 0.2) is 18.2 Å². The minimum absolute atomic E-state index is 0.0126. The van der Waals surface area contributed by atoms with Gasteiger partial charge in [-0.05, 0) is 31.0 Å². The van der Waals surface area contributed by atoms with Gasteiger partial charge in [0.2, 0.25) is 0 Å². The number of benzene rings is 1. The van der Waals surface area contributed by atoms with Gasteiger partial charge in [0.15, 0.2) is 0 Å². The Morgan fingerprint density at radius 3 is 2.67 bits per heavy atom. The van der Waals surface area contributed by atoms with Crippen molar-refractivity contribution in [3.8, 4) is 11.8 Å². The van der Waals surface area contributed by atoms with Gasteiger partial charge < -0.3 is 10.0 Å². The molecule has 114 valence electrons. The van der Waals surface area contributed by atoms with Gasteiger partial charge in [0.05, 0.1) is 5.02 Å². The number of aliphatic hydroxyl groups is 1. The van der Waals surface area contributed by atoms with Gasteiger partial charge in [0.1, 0.15) is 6.61 Å². The molecule has 0 saturated carbocycles. The standard InChI is InChI=1S/C17H22ClNO2/c1-4-13(3)12-19(5-2)17(21)15-9-8-14(7-6-10-20)16(18)11-15/h8-9,11,13,20H,4-5,10,12H2,1-3H3. The number of nitrogens with zero attached hydrogens (tertiary/aromatic N) is 1. The first-order valence-electron chi connectivity index (χ1n) is 7.22. The smallest absolute Gasteiger partial charge is 0.253 e. The maximum atomic E-state index is 12.5. The highest BCUT2D eigenvalue weighted by atomic mass is 35.5. The normalized spacial score (nSPS) is 11.5. The van der Waals surface area contributed by atoms with Gasteiger partial charge in [-0.15, -0.1) is 0 Å². The maximum Gasteiger partial charge on any atom is 0.253 e. The first-order chi connectivity index (χ1) is 10.0. The second kappa shape index (κ2) is 8.71. The summed E-state index contributed by atoms with van der Waals surface area (Å²) in [6.07, 6.45) is 1.04. The van der Waals surface area contributed by atoms with Gasteiger partial charge in [0.25, 0.3) is 5.91 Å². The van der Waals surface area contributed by atoms with Gasteiger partial charge in [0, 0.05) is 24.2 Å². The van der Waals surface area contributed by atoms with E-state index < -0.39 is 0 Å². The van der Waals surface area contributed by atoms with Crippen molar-refractivity contribution < 1.29 is 9.90 Å². The van der Waals surface area contributed by atoms with E-state index in [1.165, 1.54) is 0 Å². The predicted molar refractivity (Wildman–Crippen MR) is 86.4 cm³/mol. The van der Waals surface area contributed by atoms with Gasteiger partial charge in [-0.3, -0.25) is 4.79 Å². The summed E-state index contributed by atoms with van der Waals surface area (Å²) in [5.74, 6) is 5.76. The molecule has 0 aliphatic carbocycles. The third-order valence-corrected chi connectivity index (χ3v) is 3.73. The first kappa shape index (κ1) is 17.6. The van der Waals surface area contributed by atoms with Crippen molar-refractivity contribution in [2.24, 2.45) is 5.92 Å². The minimum atomic E-state index is -0.213. The third-order valence-electron chi connectivity index (χ3n) is 3.42. The molecule has 1 N–H and O–H groups in total. The summed E-state index contributed by atoms with van der Waals surface area (Å²) in [5, 5.41) is 9.13. The van der Waals surface area contributed by atoms with Crippen molar-refractivity contribution in [2.45, 2.75) is 27.2 Å². The third kappa shape index (κ3) is 5.08. The number of carbonyl (C=O) groups is 1. The zero-order valence-corrected chi connectivity index (χ0v) is 13.6. The topological polar surface area (TPSA) is 40.5 Å². The summed E-state index contributed by atoms with van der Waals surface area (Å²) in [6, 6.07) is 5.09. The lowest BCUT2D eigenvalue weighted by Crippen LogP contribution is -2.34. The number of carbonyl (C=O) groups excluding carboxylic acids is 1. The van der Waals surface area contributed by atoms with E-state index in [0.29, 0.717) is 28.6 Å². The number of hydrogen-bond acceptors (Lipinski definition) is 2. The second-order valence-corrected chi connectivity index (χ2v) is 5.42. The summed E-state index contributed by atoms with van der Waals surface area (Å²) in [5.41, 5.74) is 1.19. The van der Waals surface area contributed by atoms with Gasteiger partial charge in [-0.2, -0.15) is 0 Å². The minimum Gasteiger partial charge on any atom is -0.384 e. The molecule has 1 unspecified atom stereocenters. The molecule has 0 bridgehead atoms. The largest absolute Gasteiger partial charge is 0.384 e. The lowest BCUT2D eigenvalue weighted by Gasteiger charge is -2.24. The van der Waals surface area contributed by atoms with Crippen LogP contribution in [-0.2, 0) is 0 Å². The molecule has 1 amide bonds. The van der Waals surface area contributed by atoms with E-state index in [-0.39, 0.29) is 12.5 Å². The van der Waals surface area contributed by atoms with Crippen molar-refractivity contribution in [3.63, 3.8) is 0 Å². The van der Waals surface area contributed by atoms with Gasteiger partial charge in [-0.1, -0.05) is 43.7 Å².